The Labute approximate surface area is 342 Å². The second kappa shape index (κ2) is 16.3. The molecule has 11 fully saturated rings. The second-order valence-corrected chi connectivity index (χ2v) is 20.5. The SMILES string of the molecule is C1CC2CC1C1CC3OC3C21.CC(=O)O.CCC(CC(CC(C)C(=O)OC1CC2CC1C1C3CCC(C3)C21)C(=O)OCCOC)C(=O)OC1C2CC3C(=O)OC1C3C2. The lowest BCUT2D eigenvalue weighted by atomic mass is 9.70. The van der Waals surface area contributed by atoms with Crippen LogP contribution < -0.4 is 0 Å². The van der Waals surface area contributed by atoms with Crippen molar-refractivity contribution in [2.45, 2.75) is 141 Å². The number of hydrogen-bond acceptors (Lipinski definition) is 11. The quantitative estimate of drug-likeness (QED) is 0.0732. The van der Waals surface area contributed by atoms with E-state index in [-0.39, 0.29) is 73.9 Å². The van der Waals surface area contributed by atoms with E-state index < -0.39 is 35.8 Å². The summed E-state index contributed by atoms with van der Waals surface area (Å²) in [5.74, 6) is 5.39. The largest absolute Gasteiger partial charge is 0.481 e. The van der Waals surface area contributed by atoms with Gasteiger partial charge in [-0.25, -0.2) is 0 Å². The highest BCUT2D eigenvalue weighted by atomic mass is 16.6. The molecule has 21 atom stereocenters. The van der Waals surface area contributed by atoms with Crippen LogP contribution in [0.1, 0.15) is 111 Å². The Kier molecular flexibility index (Phi) is 11.4. The molecule has 0 aromatic carbocycles. The van der Waals surface area contributed by atoms with Crippen molar-refractivity contribution >= 4 is 29.8 Å². The normalized spacial score (nSPS) is 45.5. The molecule has 2 aliphatic heterocycles. The van der Waals surface area contributed by atoms with Crippen LogP contribution in [0.5, 0.6) is 0 Å². The average Bonchev–Trinajstić information content (AvgIpc) is 4.02. The Morgan fingerprint density at radius 3 is 2.12 bits per heavy atom. The Bertz CT molecular complexity index is 1590. The molecule has 2 saturated heterocycles. The van der Waals surface area contributed by atoms with Gasteiger partial charge in [0.15, 0.2) is 0 Å². The molecule has 58 heavy (non-hydrogen) atoms. The number of hydrogen-bond donors (Lipinski definition) is 1. The van der Waals surface area contributed by atoms with Crippen molar-refractivity contribution < 1.29 is 57.5 Å². The maximum absolute atomic E-state index is 13.4. The Morgan fingerprint density at radius 2 is 1.40 bits per heavy atom. The molecule has 8 bridgehead atoms. The van der Waals surface area contributed by atoms with Gasteiger partial charge in [0, 0.05) is 25.9 Å². The van der Waals surface area contributed by atoms with Crippen LogP contribution in [0.2, 0.25) is 0 Å². The first-order valence-electron chi connectivity index (χ1n) is 23.1. The Hall–Kier alpha value is -2.73. The number of ether oxygens (including phenoxy) is 6. The number of esters is 4. The zero-order chi connectivity index (χ0) is 40.6. The van der Waals surface area contributed by atoms with E-state index in [1.165, 1.54) is 38.5 Å². The molecule has 11 rings (SSSR count). The molecule has 0 aromatic heterocycles. The zero-order valence-corrected chi connectivity index (χ0v) is 34.9. The van der Waals surface area contributed by atoms with Gasteiger partial charge in [0.2, 0.25) is 0 Å². The maximum atomic E-state index is 13.4. The Balaban J connectivity index is 0.000000239. The molecule has 0 radical (unpaired) electrons. The van der Waals surface area contributed by atoms with Gasteiger partial charge in [-0.05, 0) is 149 Å². The average molecular weight is 811 g/mol. The van der Waals surface area contributed by atoms with E-state index in [4.69, 9.17) is 38.3 Å². The topological polar surface area (TPSA) is 164 Å². The lowest BCUT2D eigenvalue weighted by molar-refractivity contribution is -0.167. The van der Waals surface area contributed by atoms with Crippen molar-refractivity contribution in [3.8, 4) is 0 Å². The van der Waals surface area contributed by atoms with E-state index >= 15 is 0 Å². The molecule has 1 N–H and O–H groups in total. The van der Waals surface area contributed by atoms with E-state index in [2.05, 4.69) is 0 Å². The summed E-state index contributed by atoms with van der Waals surface area (Å²) in [6.07, 6.45) is 15.6. The predicted octanol–water partition coefficient (Wildman–Crippen LogP) is 6.25. The third-order valence-electron chi connectivity index (χ3n) is 17.6. The van der Waals surface area contributed by atoms with Gasteiger partial charge in [-0.2, -0.15) is 0 Å². The zero-order valence-electron chi connectivity index (χ0n) is 34.9. The molecule has 9 saturated carbocycles. The third-order valence-corrected chi connectivity index (χ3v) is 17.6. The van der Waals surface area contributed by atoms with Crippen LogP contribution in [0.4, 0.5) is 0 Å². The lowest BCUT2D eigenvalue weighted by Gasteiger charge is -2.38. The van der Waals surface area contributed by atoms with Crippen LogP contribution >= 0.6 is 0 Å². The molecule has 0 spiro atoms. The highest BCUT2D eigenvalue weighted by molar-refractivity contribution is 5.79. The first-order chi connectivity index (χ1) is 27.9. The van der Waals surface area contributed by atoms with E-state index in [9.17, 15) is 19.2 Å². The fourth-order valence-corrected chi connectivity index (χ4v) is 15.4. The summed E-state index contributed by atoms with van der Waals surface area (Å²) in [7, 11) is 1.54. The van der Waals surface area contributed by atoms with Gasteiger partial charge >= 0.3 is 23.9 Å². The third kappa shape index (κ3) is 7.40. The Morgan fingerprint density at radius 1 is 0.707 bits per heavy atom. The first-order valence-corrected chi connectivity index (χ1v) is 23.1. The lowest BCUT2D eigenvalue weighted by Crippen LogP contribution is -2.39. The van der Waals surface area contributed by atoms with Crippen molar-refractivity contribution in [3.05, 3.63) is 0 Å². The minimum absolute atomic E-state index is 0.00273. The fraction of sp³-hybridized carbons (Fsp3) is 0.891. The van der Waals surface area contributed by atoms with Gasteiger partial charge in [0.25, 0.3) is 5.97 Å². The van der Waals surface area contributed by atoms with Crippen LogP contribution in [-0.4, -0.2) is 85.8 Å². The molecular formula is C46H66O12. The highest BCUT2D eigenvalue weighted by Crippen LogP contribution is 2.68. The summed E-state index contributed by atoms with van der Waals surface area (Å²) in [5.41, 5.74) is 0. The number of carboxylic acids is 1. The number of carboxylic acid groups (broad SMARTS) is 1. The fourth-order valence-electron chi connectivity index (χ4n) is 15.4. The number of rotatable bonds is 13. The number of epoxide rings is 1. The second-order valence-electron chi connectivity index (χ2n) is 20.5. The minimum Gasteiger partial charge on any atom is -0.481 e. The summed E-state index contributed by atoms with van der Waals surface area (Å²) >= 11 is 0. The molecule has 12 heteroatoms. The monoisotopic (exact) mass is 810 g/mol. The molecule has 11 aliphatic rings. The van der Waals surface area contributed by atoms with Crippen molar-refractivity contribution in [3.63, 3.8) is 0 Å². The molecule has 0 amide bonds. The van der Waals surface area contributed by atoms with Crippen LogP contribution in [0, 0.1) is 94.7 Å². The molecule has 12 nitrogen and oxygen atoms in total. The number of methoxy groups -OCH3 is 1. The summed E-state index contributed by atoms with van der Waals surface area (Å²) in [4.78, 5) is 61.2. The van der Waals surface area contributed by atoms with Gasteiger partial charge in [-0.1, -0.05) is 13.8 Å². The maximum Gasteiger partial charge on any atom is 0.309 e. The summed E-state index contributed by atoms with van der Waals surface area (Å²) in [6, 6.07) is 0. The molecule has 9 aliphatic carbocycles. The van der Waals surface area contributed by atoms with Gasteiger partial charge in [0.05, 0.1) is 42.5 Å². The van der Waals surface area contributed by atoms with E-state index in [1.807, 2.05) is 13.8 Å². The minimum atomic E-state index is -0.833. The number of aliphatic carboxylic acids is 1. The number of carbonyl (C=O) groups is 5. The summed E-state index contributed by atoms with van der Waals surface area (Å²) < 4.78 is 33.9. The van der Waals surface area contributed by atoms with Crippen LogP contribution in [0.25, 0.3) is 0 Å². The van der Waals surface area contributed by atoms with Crippen LogP contribution in [0.15, 0.2) is 0 Å². The van der Waals surface area contributed by atoms with Crippen LogP contribution in [-0.2, 0) is 52.4 Å². The van der Waals surface area contributed by atoms with E-state index in [0.717, 1.165) is 79.3 Å². The van der Waals surface area contributed by atoms with Gasteiger partial charge in [-0.3, -0.25) is 24.0 Å². The van der Waals surface area contributed by atoms with Crippen molar-refractivity contribution in [1.29, 1.82) is 0 Å². The van der Waals surface area contributed by atoms with E-state index in [1.54, 1.807) is 20.0 Å². The predicted molar refractivity (Wildman–Crippen MR) is 206 cm³/mol. The molecule has 2 heterocycles. The summed E-state index contributed by atoms with van der Waals surface area (Å²) in [6.45, 7) is 5.20. The smallest absolute Gasteiger partial charge is 0.309 e. The molecule has 21 unspecified atom stereocenters. The van der Waals surface area contributed by atoms with Gasteiger partial charge in [0.1, 0.15) is 24.9 Å². The number of fused-ring (bicyclic) bond motifs is 17. The summed E-state index contributed by atoms with van der Waals surface area (Å²) in [5, 5.41) is 7.42. The standard InChI is InChI=1S/C34H48O9.C10H14O.C2H4O2/c1-4-17(33(37)42-29-21-13-23-24(14-21)34(38)43-30(23)29)10-22(32(36)40-8-7-39-3)9-16(2)31(35)41-26-15-20-12-25(26)28-19-6-5-18(11-19)27(20)28;1-2-6-3-5(1)7-4-8-10(11-8)9(6)7;1-2(3)4/h16-30H,4-15H2,1-3H3;5-10H,1-4H2;1H3,(H,3,4). The van der Waals surface area contributed by atoms with Crippen molar-refractivity contribution in [2.75, 3.05) is 20.3 Å². The van der Waals surface area contributed by atoms with E-state index in [0.29, 0.717) is 24.7 Å². The van der Waals surface area contributed by atoms with Crippen molar-refractivity contribution in [2.24, 2.45) is 94.7 Å². The van der Waals surface area contributed by atoms with Gasteiger partial charge in [-0.15, -0.1) is 0 Å². The molecular weight excluding hydrogens is 744 g/mol. The van der Waals surface area contributed by atoms with Crippen molar-refractivity contribution in [1.82, 2.24) is 0 Å². The number of carbonyl (C=O) groups excluding carboxylic acids is 4. The molecule has 0 aromatic rings. The van der Waals surface area contributed by atoms with Gasteiger partial charge < -0.3 is 33.5 Å². The van der Waals surface area contributed by atoms with Crippen LogP contribution in [0.3, 0.4) is 0 Å². The first kappa shape index (κ1) is 40.7. The highest BCUT2D eigenvalue weighted by Gasteiger charge is 2.66. The molecule has 322 valence electrons.